The number of hydrogen-bond acceptors (Lipinski definition) is 5. The molecule has 7 heteroatoms. The van der Waals surface area contributed by atoms with E-state index in [9.17, 15) is 9.18 Å². The van der Waals surface area contributed by atoms with Gasteiger partial charge in [0.1, 0.15) is 12.4 Å². The van der Waals surface area contributed by atoms with Crippen molar-refractivity contribution in [3.63, 3.8) is 0 Å². The maximum Gasteiger partial charge on any atom is 0.248 e. The van der Waals surface area contributed by atoms with E-state index < -0.39 is 0 Å². The topological polar surface area (TPSA) is 58.6 Å². The smallest absolute Gasteiger partial charge is 0.248 e. The fourth-order valence-electron chi connectivity index (χ4n) is 4.83. The van der Waals surface area contributed by atoms with Gasteiger partial charge in [-0.05, 0) is 50.5 Å². The highest BCUT2D eigenvalue weighted by molar-refractivity contribution is 5.83. The van der Waals surface area contributed by atoms with Gasteiger partial charge in [0.2, 0.25) is 5.91 Å². The van der Waals surface area contributed by atoms with Crippen molar-refractivity contribution in [2.75, 3.05) is 26.2 Å². The number of fused-ring (bicyclic) bond motifs is 1. The van der Waals surface area contributed by atoms with Crippen LogP contribution in [0, 0.1) is 5.82 Å². The first-order valence-electron chi connectivity index (χ1n) is 11.6. The first kappa shape index (κ1) is 21.9. The lowest BCUT2D eigenvalue weighted by atomic mass is 9.88. The Bertz CT molecular complexity index is 1170. The van der Waals surface area contributed by atoms with Gasteiger partial charge in [0.25, 0.3) is 0 Å². The number of likely N-dealkylation sites (tertiary alicyclic amines) is 1. The molecule has 6 nitrogen and oxygen atoms in total. The van der Waals surface area contributed by atoms with Crippen LogP contribution in [-0.2, 0) is 16.1 Å². The molecule has 4 heterocycles. The van der Waals surface area contributed by atoms with Gasteiger partial charge in [-0.15, -0.1) is 0 Å². The normalized spacial score (nSPS) is 19.0. The molecule has 2 aliphatic rings. The van der Waals surface area contributed by atoms with E-state index in [0.29, 0.717) is 18.8 Å². The number of piperidine rings is 1. The van der Waals surface area contributed by atoms with Crippen molar-refractivity contribution < 1.29 is 13.9 Å². The van der Waals surface area contributed by atoms with Gasteiger partial charge in [-0.3, -0.25) is 19.7 Å². The van der Waals surface area contributed by atoms with Crippen LogP contribution in [0.5, 0.6) is 0 Å². The molecule has 1 amide bonds. The van der Waals surface area contributed by atoms with Gasteiger partial charge in [0, 0.05) is 49.0 Å². The summed E-state index contributed by atoms with van der Waals surface area (Å²) in [6.45, 7) is 6.92. The van der Waals surface area contributed by atoms with Crippen LogP contribution in [0.15, 0.2) is 48.8 Å². The van der Waals surface area contributed by atoms with Gasteiger partial charge >= 0.3 is 0 Å². The summed E-state index contributed by atoms with van der Waals surface area (Å²) in [5.74, 6) is -0.231. The highest BCUT2D eigenvalue weighted by Gasteiger charge is 2.42. The van der Waals surface area contributed by atoms with Crippen LogP contribution in [0.2, 0.25) is 0 Å². The number of rotatable bonds is 4. The summed E-state index contributed by atoms with van der Waals surface area (Å²) < 4.78 is 21.0. The number of pyridine rings is 2. The van der Waals surface area contributed by atoms with Crippen LogP contribution < -0.4 is 0 Å². The lowest BCUT2D eigenvalue weighted by Gasteiger charge is -2.48. The van der Waals surface area contributed by atoms with E-state index in [1.165, 1.54) is 0 Å². The van der Waals surface area contributed by atoms with Crippen molar-refractivity contribution in [2.45, 2.75) is 44.9 Å². The molecule has 1 aromatic carbocycles. The van der Waals surface area contributed by atoms with E-state index in [1.807, 2.05) is 49.1 Å². The zero-order valence-corrected chi connectivity index (χ0v) is 19.1. The van der Waals surface area contributed by atoms with Crippen molar-refractivity contribution in [1.82, 2.24) is 19.8 Å². The second kappa shape index (κ2) is 8.80. The maximum atomic E-state index is 15.0. The standard InChI is InChI=1S/C26H29FN4O2/c1-18(2)31-17-26(33-16-25(31)32)7-10-30(11-8-26)15-24-22(27)12-21(14-29-24)20-6-5-19-4-3-9-28-23(19)13-20/h3-6,9,12-14,18H,7-8,10-11,15-17H2,1-2H3. The van der Waals surface area contributed by atoms with Gasteiger partial charge in [-0.25, -0.2) is 4.39 Å². The lowest BCUT2D eigenvalue weighted by Crippen LogP contribution is -2.60. The molecule has 0 atom stereocenters. The van der Waals surface area contributed by atoms with E-state index >= 15 is 0 Å². The van der Waals surface area contributed by atoms with Crippen LogP contribution in [0.3, 0.4) is 0 Å². The largest absolute Gasteiger partial charge is 0.363 e. The average molecular weight is 449 g/mol. The van der Waals surface area contributed by atoms with Crippen molar-refractivity contribution in [3.8, 4) is 11.1 Å². The van der Waals surface area contributed by atoms with Gasteiger partial charge in [0.15, 0.2) is 0 Å². The van der Waals surface area contributed by atoms with E-state index in [-0.39, 0.29) is 30.0 Å². The highest BCUT2D eigenvalue weighted by Crippen LogP contribution is 2.32. The van der Waals surface area contributed by atoms with E-state index in [0.717, 1.165) is 48.0 Å². The number of benzene rings is 1. The molecule has 3 aromatic rings. The number of aromatic nitrogens is 2. The minimum Gasteiger partial charge on any atom is -0.363 e. The number of carbonyl (C=O) groups excluding carboxylic acids is 1. The Balaban J connectivity index is 1.25. The average Bonchev–Trinajstić information content (AvgIpc) is 2.83. The first-order chi connectivity index (χ1) is 15.9. The van der Waals surface area contributed by atoms with Crippen LogP contribution in [0.25, 0.3) is 22.0 Å². The van der Waals surface area contributed by atoms with E-state index in [4.69, 9.17) is 4.74 Å². The number of nitrogens with zero attached hydrogens (tertiary/aromatic N) is 4. The number of carbonyl (C=O) groups is 1. The molecule has 2 aliphatic heterocycles. The van der Waals surface area contributed by atoms with Gasteiger partial charge in [-0.2, -0.15) is 0 Å². The highest BCUT2D eigenvalue weighted by atomic mass is 19.1. The molecule has 1 spiro atoms. The van der Waals surface area contributed by atoms with Crippen molar-refractivity contribution in [2.24, 2.45) is 0 Å². The fraction of sp³-hybridized carbons (Fsp3) is 0.423. The lowest BCUT2D eigenvalue weighted by molar-refractivity contribution is -0.174. The molecule has 5 rings (SSSR count). The number of halogens is 1. The number of ether oxygens (including phenoxy) is 1. The SMILES string of the molecule is CC(C)N1CC2(CCN(Cc3ncc(-c4ccc5cccnc5c4)cc3F)CC2)OCC1=O. The quantitative estimate of drug-likeness (QED) is 0.603. The molecule has 172 valence electrons. The Labute approximate surface area is 193 Å². The van der Waals surface area contributed by atoms with Crippen LogP contribution in [0.4, 0.5) is 4.39 Å². The van der Waals surface area contributed by atoms with Crippen LogP contribution in [0.1, 0.15) is 32.4 Å². The molecule has 2 saturated heterocycles. The van der Waals surface area contributed by atoms with Gasteiger partial charge in [-0.1, -0.05) is 18.2 Å². The summed E-state index contributed by atoms with van der Waals surface area (Å²) in [6, 6.07) is 11.6. The molecular weight excluding hydrogens is 419 g/mol. The molecule has 0 unspecified atom stereocenters. The summed E-state index contributed by atoms with van der Waals surface area (Å²) in [5.41, 5.74) is 2.70. The summed E-state index contributed by atoms with van der Waals surface area (Å²) in [6.07, 6.45) is 5.15. The first-order valence-corrected chi connectivity index (χ1v) is 11.6. The minimum absolute atomic E-state index is 0.0617. The third-order valence-corrected chi connectivity index (χ3v) is 6.90. The minimum atomic E-state index is -0.292. The molecule has 0 radical (unpaired) electrons. The molecule has 0 bridgehead atoms. The predicted molar refractivity (Wildman–Crippen MR) is 125 cm³/mol. The maximum absolute atomic E-state index is 15.0. The zero-order valence-electron chi connectivity index (χ0n) is 19.1. The Morgan fingerprint density at radius 3 is 2.70 bits per heavy atom. The van der Waals surface area contributed by atoms with Crippen molar-refractivity contribution in [3.05, 3.63) is 60.3 Å². The Morgan fingerprint density at radius 1 is 1.12 bits per heavy atom. The number of hydrogen-bond donors (Lipinski definition) is 0. The van der Waals surface area contributed by atoms with Crippen LogP contribution >= 0.6 is 0 Å². The zero-order chi connectivity index (χ0) is 23.0. The molecule has 2 fully saturated rings. The number of morpholine rings is 1. The van der Waals surface area contributed by atoms with Crippen molar-refractivity contribution in [1.29, 1.82) is 0 Å². The molecule has 2 aromatic heterocycles. The third-order valence-electron chi connectivity index (χ3n) is 6.90. The second-order valence-corrected chi connectivity index (χ2v) is 9.43. The Morgan fingerprint density at radius 2 is 1.94 bits per heavy atom. The number of amides is 1. The van der Waals surface area contributed by atoms with E-state index in [1.54, 1.807) is 18.5 Å². The summed E-state index contributed by atoms with van der Waals surface area (Å²) in [4.78, 5) is 25.1. The van der Waals surface area contributed by atoms with Crippen LogP contribution in [-0.4, -0.2) is 63.6 Å². The molecule has 33 heavy (non-hydrogen) atoms. The van der Waals surface area contributed by atoms with E-state index in [2.05, 4.69) is 14.9 Å². The Kier molecular flexibility index (Phi) is 5.85. The van der Waals surface area contributed by atoms with Crippen molar-refractivity contribution >= 4 is 16.8 Å². The molecule has 0 aliphatic carbocycles. The molecular formula is C26H29FN4O2. The van der Waals surface area contributed by atoms with Gasteiger partial charge < -0.3 is 9.64 Å². The Hall–Kier alpha value is -2.90. The van der Waals surface area contributed by atoms with Gasteiger partial charge in [0.05, 0.1) is 23.4 Å². The monoisotopic (exact) mass is 448 g/mol. The summed E-state index contributed by atoms with van der Waals surface area (Å²) >= 11 is 0. The second-order valence-electron chi connectivity index (χ2n) is 9.43. The molecule has 0 saturated carbocycles. The fourth-order valence-corrected chi connectivity index (χ4v) is 4.83. The summed E-state index contributed by atoms with van der Waals surface area (Å²) in [5, 5.41) is 1.05. The third kappa shape index (κ3) is 4.48. The molecule has 0 N–H and O–H groups in total. The summed E-state index contributed by atoms with van der Waals surface area (Å²) in [7, 11) is 0. The predicted octanol–water partition coefficient (Wildman–Crippen LogP) is 4.04.